The number of hydrogen-bond donors (Lipinski definition) is 0. The number of ether oxygens (including phenoxy) is 1. The Bertz CT molecular complexity index is 1030. The van der Waals surface area contributed by atoms with E-state index in [1.807, 2.05) is 62.6 Å². The molecule has 2 aromatic heterocycles. The molecule has 0 spiro atoms. The minimum absolute atomic E-state index is 0.119. The van der Waals surface area contributed by atoms with Crippen molar-refractivity contribution < 1.29 is 9.53 Å². The van der Waals surface area contributed by atoms with Crippen LogP contribution < -0.4 is 4.74 Å². The van der Waals surface area contributed by atoms with E-state index in [-0.39, 0.29) is 5.91 Å². The molecule has 0 saturated carbocycles. The molecule has 0 N–H and O–H groups in total. The highest BCUT2D eigenvalue weighted by molar-refractivity contribution is 5.88. The second kappa shape index (κ2) is 9.92. The van der Waals surface area contributed by atoms with Gasteiger partial charge >= 0.3 is 0 Å². The standard InChI is InChI=1S/C26H30N4O2/c1-29(2)25(31)26(24-12-4-6-15-28-24)13-8-16-30(20-26)18-21-9-7-11-23(17-21)32-19-22-10-3-5-14-27-22/h3-7,9-12,14-15,17H,8,13,16,18-20H2,1-2H3. The topological polar surface area (TPSA) is 58.6 Å². The van der Waals surface area contributed by atoms with Gasteiger partial charge in [-0.15, -0.1) is 0 Å². The fourth-order valence-corrected chi connectivity index (χ4v) is 4.48. The van der Waals surface area contributed by atoms with Gasteiger partial charge in [0.05, 0.1) is 11.4 Å². The number of aromatic nitrogens is 2. The number of rotatable bonds is 7. The van der Waals surface area contributed by atoms with E-state index in [0.717, 1.165) is 48.6 Å². The quantitative estimate of drug-likeness (QED) is 0.572. The smallest absolute Gasteiger partial charge is 0.235 e. The highest BCUT2D eigenvalue weighted by Crippen LogP contribution is 2.35. The van der Waals surface area contributed by atoms with Crippen molar-refractivity contribution >= 4 is 5.91 Å². The second-order valence-electron chi connectivity index (χ2n) is 8.57. The maximum atomic E-state index is 13.3. The van der Waals surface area contributed by atoms with E-state index >= 15 is 0 Å². The lowest BCUT2D eigenvalue weighted by molar-refractivity contribution is -0.137. The summed E-state index contributed by atoms with van der Waals surface area (Å²) in [4.78, 5) is 26.3. The van der Waals surface area contributed by atoms with Gasteiger partial charge in [-0.3, -0.25) is 19.7 Å². The molecule has 1 aromatic carbocycles. The van der Waals surface area contributed by atoms with Crippen LogP contribution in [0, 0.1) is 0 Å². The summed E-state index contributed by atoms with van der Waals surface area (Å²) < 4.78 is 5.95. The van der Waals surface area contributed by atoms with E-state index in [0.29, 0.717) is 13.2 Å². The number of likely N-dealkylation sites (tertiary alicyclic amines) is 1. The van der Waals surface area contributed by atoms with Crippen LogP contribution >= 0.6 is 0 Å². The summed E-state index contributed by atoms with van der Waals surface area (Å²) in [5, 5.41) is 0. The van der Waals surface area contributed by atoms with Crippen LogP contribution in [-0.2, 0) is 23.4 Å². The fraction of sp³-hybridized carbons (Fsp3) is 0.346. The first kappa shape index (κ1) is 22.0. The molecule has 32 heavy (non-hydrogen) atoms. The number of amides is 1. The van der Waals surface area contributed by atoms with Crippen molar-refractivity contribution in [3.63, 3.8) is 0 Å². The molecule has 1 aliphatic heterocycles. The van der Waals surface area contributed by atoms with Crippen molar-refractivity contribution in [2.75, 3.05) is 27.2 Å². The fourth-order valence-electron chi connectivity index (χ4n) is 4.48. The molecule has 3 heterocycles. The Hall–Kier alpha value is -3.25. The maximum absolute atomic E-state index is 13.3. The molecule has 1 amide bonds. The first-order valence-corrected chi connectivity index (χ1v) is 11.0. The Kier molecular flexibility index (Phi) is 6.81. The molecule has 166 valence electrons. The van der Waals surface area contributed by atoms with Crippen LogP contribution in [0.3, 0.4) is 0 Å². The van der Waals surface area contributed by atoms with Gasteiger partial charge < -0.3 is 9.64 Å². The molecule has 1 atom stereocenters. The molecule has 6 heteroatoms. The number of likely N-dealkylation sites (N-methyl/N-ethyl adjacent to an activating group) is 1. The third-order valence-corrected chi connectivity index (χ3v) is 5.96. The lowest BCUT2D eigenvalue weighted by atomic mass is 9.75. The summed E-state index contributed by atoms with van der Waals surface area (Å²) in [6.07, 6.45) is 5.31. The van der Waals surface area contributed by atoms with E-state index in [9.17, 15) is 4.79 Å². The van der Waals surface area contributed by atoms with Crippen molar-refractivity contribution in [1.29, 1.82) is 0 Å². The van der Waals surface area contributed by atoms with E-state index in [4.69, 9.17) is 4.74 Å². The molecule has 1 saturated heterocycles. The Labute approximate surface area is 189 Å². The first-order valence-electron chi connectivity index (χ1n) is 11.0. The molecule has 1 aliphatic rings. The zero-order chi connectivity index (χ0) is 22.4. The third-order valence-electron chi connectivity index (χ3n) is 5.96. The Morgan fingerprint density at radius 2 is 1.88 bits per heavy atom. The normalized spacial score (nSPS) is 18.8. The van der Waals surface area contributed by atoms with Gasteiger partial charge in [-0.1, -0.05) is 24.3 Å². The highest BCUT2D eigenvalue weighted by atomic mass is 16.5. The van der Waals surface area contributed by atoms with E-state index in [1.54, 1.807) is 17.3 Å². The van der Waals surface area contributed by atoms with Crippen LogP contribution in [0.1, 0.15) is 29.8 Å². The Morgan fingerprint density at radius 3 is 2.59 bits per heavy atom. The number of carbonyl (C=O) groups excluding carboxylic acids is 1. The van der Waals surface area contributed by atoms with Crippen molar-refractivity contribution in [1.82, 2.24) is 19.8 Å². The summed E-state index contributed by atoms with van der Waals surface area (Å²) in [5.41, 5.74) is 2.31. The molecule has 0 bridgehead atoms. The van der Waals surface area contributed by atoms with Crippen LogP contribution in [0.4, 0.5) is 0 Å². The summed E-state index contributed by atoms with van der Waals surface area (Å²) in [6, 6.07) is 19.8. The minimum Gasteiger partial charge on any atom is -0.487 e. The number of benzene rings is 1. The predicted molar refractivity (Wildman–Crippen MR) is 124 cm³/mol. The van der Waals surface area contributed by atoms with Gasteiger partial charge in [-0.2, -0.15) is 0 Å². The molecular formula is C26H30N4O2. The average molecular weight is 431 g/mol. The third kappa shape index (κ3) is 4.97. The molecule has 3 aromatic rings. The number of nitrogens with zero attached hydrogens (tertiary/aromatic N) is 4. The lowest BCUT2D eigenvalue weighted by Gasteiger charge is -2.42. The monoisotopic (exact) mass is 430 g/mol. The molecule has 0 radical (unpaired) electrons. The predicted octanol–water partition coefficient (Wildman–Crippen LogP) is 3.68. The van der Waals surface area contributed by atoms with E-state index in [2.05, 4.69) is 27.0 Å². The summed E-state index contributed by atoms with van der Waals surface area (Å²) >= 11 is 0. The van der Waals surface area contributed by atoms with Crippen molar-refractivity contribution in [2.24, 2.45) is 0 Å². The van der Waals surface area contributed by atoms with Crippen LogP contribution in [0.5, 0.6) is 5.75 Å². The van der Waals surface area contributed by atoms with Gasteiger partial charge in [0.15, 0.2) is 0 Å². The SMILES string of the molecule is CN(C)C(=O)C1(c2ccccn2)CCCN(Cc2cccc(OCc3ccccn3)c2)C1. The lowest BCUT2D eigenvalue weighted by Crippen LogP contribution is -2.54. The van der Waals surface area contributed by atoms with Gasteiger partial charge in [0.25, 0.3) is 0 Å². The van der Waals surface area contributed by atoms with Crippen molar-refractivity contribution in [3.8, 4) is 5.75 Å². The largest absolute Gasteiger partial charge is 0.487 e. The summed E-state index contributed by atoms with van der Waals surface area (Å²) in [6.45, 7) is 2.80. The second-order valence-corrected chi connectivity index (χ2v) is 8.57. The van der Waals surface area contributed by atoms with Gasteiger partial charge in [0, 0.05) is 39.6 Å². The van der Waals surface area contributed by atoms with Crippen LogP contribution in [0.25, 0.3) is 0 Å². The number of pyridine rings is 2. The van der Waals surface area contributed by atoms with Crippen molar-refractivity contribution in [2.45, 2.75) is 31.4 Å². The van der Waals surface area contributed by atoms with Crippen LogP contribution in [-0.4, -0.2) is 52.9 Å². The van der Waals surface area contributed by atoms with Crippen molar-refractivity contribution in [3.05, 3.63) is 90.0 Å². The van der Waals surface area contributed by atoms with Crippen LogP contribution in [0.2, 0.25) is 0 Å². The molecule has 0 aliphatic carbocycles. The number of hydrogen-bond acceptors (Lipinski definition) is 5. The Balaban J connectivity index is 1.49. The van der Waals surface area contributed by atoms with Crippen LogP contribution in [0.15, 0.2) is 73.1 Å². The zero-order valence-corrected chi connectivity index (χ0v) is 18.8. The summed E-state index contributed by atoms with van der Waals surface area (Å²) in [7, 11) is 3.66. The zero-order valence-electron chi connectivity index (χ0n) is 18.8. The Morgan fingerprint density at radius 1 is 1.06 bits per heavy atom. The van der Waals surface area contributed by atoms with Gasteiger partial charge in [0.2, 0.25) is 5.91 Å². The van der Waals surface area contributed by atoms with Gasteiger partial charge in [-0.05, 0) is 61.3 Å². The number of piperidine rings is 1. The number of carbonyl (C=O) groups is 1. The van der Waals surface area contributed by atoms with Gasteiger partial charge in [-0.25, -0.2) is 0 Å². The minimum atomic E-state index is -0.615. The highest BCUT2D eigenvalue weighted by Gasteiger charge is 2.45. The van der Waals surface area contributed by atoms with Gasteiger partial charge in [0.1, 0.15) is 17.8 Å². The summed E-state index contributed by atoms with van der Waals surface area (Å²) in [5.74, 6) is 0.943. The first-order chi connectivity index (χ1) is 15.6. The maximum Gasteiger partial charge on any atom is 0.235 e. The van der Waals surface area contributed by atoms with E-state index < -0.39 is 5.41 Å². The molecule has 4 rings (SSSR count). The molecule has 6 nitrogen and oxygen atoms in total. The molecule has 1 unspecified atom stereocenters. The molecule has 1 fully saturated rings. The molecular weight excluding hydrogens is 400 g/mol. The average Bonchev–Trinajstić information content (AvgIpc) is 2.84. The van der Waals surface area contributed by atoms with E-state index in [1.165, 1.54) is 0 Å².